The summed E-state index contributed by atoms with van der Waals surface area (Å²) in [6.07, 6.45) is -2.38. The average Bonchev–Trinajstić information content (AvgIpc) is 2.76. The normalized spacial score (nSPS) is 12.1. The number of hydrogen-bond acceptors (Lipinski definition) is 2. The van der Waals surface area contributed by atoms with Gasteiger partial charge in [-0.05, 0) is 13.0 Å². The van der Waals surface area contributed by atoms with Crippen molar-refractivity contribution in [3.63, 3.8) is 0 Å². The SMILES string of the molecule is Cc1ncc(C(F)(F)F)c(-c2cn(C)c3c(F)cccc23)n1. The molecule has 22 heavy (non-hydrogen) atoms. The van der Waals surface area contributed by atoms with Gasteiger partial charge in [0.05, 0.1) is 11.2 Å². The zero-order chi connectivity index (χ0) is 16.1. The van der Waals surface area contributed by atoms with Gasteiger partial charge in [0.1, 0.15) is 17.2 Å². The minimum absolute atomic E-state index is 0.219. The summed E-state index contributed by atoms with van der Waals surface area (Å²) in [7, 11) is 1.58. The number of rotatable bonds is 1. The van der Waals surface area contributed by atoms with Gasteiger partial charge in [0.2, 0.25) is 0 Å². The number of para-hydroxylation sites is 1. The Morgan fingerprint density at radius 2 is 1.91 bits per heavy atom. The fourth-order valence-electron chi connectivity index (χ4n) is 2.49. The predicted molar refractivity (Wildman–Crippen MR) is 73.6 cm³/mol. The smallest absolute Gasteiger partial charge is 0.347 e. The van der Waals surface area contributed by atoms with E-state index in [4.69, 9.17) is 0 Å². The Morgan fingerprint density at radius 3 is 2.59 bits per heavy atom. The largest absolute Gasteiger partial charge is 0.419 e. The zero-order valence-corrected chi connectivity index (χ0v) is 11.7. The number of aromatic nitrogens is 3. The number of halogens is 4. The summed E-state index contributed by atoms with van der Waals surface area (Å²) < 4.78 is 54.9. The lowest BCUT2D eigenvalue weighted by Gasteiger charge is -2.11. The van der Waals surface area contributed by atoms with Crippen molar-refractivity contribution >= 4 is 10.9 Å². The van der Waals surface area contributed by atoms with E-state index in [2.05, 4.69) is 9.97 Å². The molecule has 0 bridgehead atoms. The second-order valence-electron chi connectivity index (χ2n) is 4.97. The maximum atomic E-state index is 13.9. The molecule has 0 aliphatic carbocycles. The third kappa shape index (κ3) is 2.22. The summed E-state index contributed by atoms with van der Waals surface area (Å²) >= 11 is 0. The van der Waals surface area contributed by atoms with Crippen LogP contribution in [0.25, 0.3) is 22.2 Å². The van der Waals surface area contributed by atoms with Crippen molar-refractivity contribution in [3.8, 4) is 11.3 Å². The minimum atomic E-state index is -4.58. The van der Waals surface area contributed by atoms with Crippen LogP contribution in [0.5, 0.6) is 0 Å². The molecule has 0 unspecified atom stereocenters. The Bertz CT molecular complexity index is 865. The number of hydrogen-bond donors (Lipinski definition) is 0. The van der Waals surface area contributed by atoms with Crippen LogP contribution in [0.15, 0.2) is 30.6 Å². The van der Waals surface area contributed by atoms with E-state index in [1.54, 1.807) is 13.1 Å². The quantitative estimate of drug-likeness (QED) is 0.634. The molecule has 0 radical (unpaired) electrons. The van der Waals surface area contributed by atoms with E-state index >= 15 is 0 Å². The van der Waals surface area contributed by atoms with Gasteiger partial charge in [-0.15, -0.1) is 0 Å². The number of fused-ring (bicyclic) bond motifs is 1. The van der Waals surface area contributed by atoms with Crippen molar-refractivity contribution in [3.05, 3.63) is 47.8 Å². The first-order valence-electron chi connectivity index (χ1n) is 6.44. The molecule has 0 amide bonds. The Morgan fingerprint density at radius 1 is 1.18 bits per heavy atom. The maximum absolute atomic E-state index is 13.9. The van der Waals surface area contributed by atoms with Crippen LogP contribution in [0.2, 0.25) is 0 Å². The minimum Gasteiger partial charge on any atom is -0.347 e. The van der Waals surface area contributed by atoms with Crippen LogP contribution in [-0.2, 0) is 13.2 Å². The predicted octanol–water partition coefficient (Wildman–Crippen LogP) is 4.10. The third-order valence-corrected chi connectivity index (χ3v) is 3.42. The van der Waals surface area contributed by atoms with Crippen molar-refractivity contribution in [2.75, 3.05) is 0 Å². The highest BCUT2D eigenvalue weighted by Gasteiger charge is 2.36. The summed E-state index contributed by atoms with van der Waals surface area (Å²) in [6, 6.07) is 4.30. The van der Waals surface area contributed by atoms with E-state index in [0.717, 1.165) is 6.20 Å². The van der Waals surface area contributed by atoms with Crippen molar-refractivity contribution in [2.24, 2.45) is 7.05 Å². The molecule has 1 aromatic carbocycles. The summed E-state index contributed by atoms with van der Waals surface area (Å²) in [6.45, 7) is 1.51. The molecule has 0 saturated heterocycles. The van der Waals surface area contributed by atoms with E-state index in [1.807, 2.05) is 0 Å². The summed E-state index contributed by atoms with van der Waals surface area (Å²) in [5, 5.41) is 0.381. The molecule has 0 saturated carbocycles. The molecule has 0 aliphatic heterocycles. The lowest BCUT2D eigenvalue weighted by molar-refractivity contribution is -0.137. The van der Waals surface area contributed by atoms with Crippen LogP contribution < -0.4 is 0 Å². The molecular weight excluding hydrogens is 298 g/mol. The fourth-order valence-corrected chi connectivity index (χ4v) is 2.49. The highest BCUT2D eigenvalue weighted by molar-refractivity contribution is 5.96. The molecule has 0 spiro atoms. The van der Waals surface area contributed by atoms with E-state index in [9.17, 15) is 17.6 Å². The maximum Gasteiger partial charge on any atom is 0.419 e. The topological polar surface area (TPSA) is 30.7 Å². The van der Waals surface area contributed by atoms with E-state index in [0.29, 0.717) is 5.39 Å². The van der Waals surface area contributed by atoms with Crippen LogP contribution in [0.1, 0.15) is 11.4 Å². The molecule has 0 N–H and O–H groups in total. The summed E-state index contributed by atoms with van der Waals surface area (Å²) in [4.78, 5) is 7.56. The molecule has 0 atom stereocenters. The second-order valence-corrected chi connectivity index (χ2v) is 4.97. The number of alkyl halides is 3. The summed E-state index contributed by atoms with van der Waals surface area (Å²) in [5.41, 5.74) is -0.706. The van der Waals surface area contributed by atoms with Gasteiger partial charge in [-0.3, -0.25) is 0 Å². The van der Waals surface area contributed by atoms with Gasteiger partial charge in [0.15, 0.2) is 0 Å². The van der Waals surface area contributed by atoms with Crippen LogP contribution >= 0.6 is 0 Å². The van der Waals surface area contributed by atoms with Gasteiger partial charge in [-0.25, -0.2) is 14.4 Å². The first-order chi connectivity index (χ1) is 10.3. The zero-order valence-electron chi connectivity index (χ0n) is 11.7. The molecule has 7 heteroatoms. The molecule has 3 aromatic rings. The molecule has 0 aliphatic rings. The molecule has 0 fully saturated rings. The molecular formula is C15H11F4N3. The fraction of sp³-hybridized carbons (Fsp3) is 0.200. The average molecular weight is 309 g/mol. The summed E-state index contributed by atoms with van der Waals surface area (Å²) in [5.74, 6) is -0.276. The monoisotopic (exact) mass is 309 g/mol. The van der Waals surface area contributed by atoms with Crippen molar-refractivity contribution < 1.29 is 17.6 Å². The highest BCUT2D eigenvalue weighted by atomic mass is 19.4. The molecule has 3 nitrogen and oxygen atoms in total. The molecule has 3 rings (SSSR count). The highest BCUT2D eigenvalue weighted by Crippen LogP contribution is 2.39. The van der Waals surface area contributed by atoms with Gasteiger partial charge in [-0.2, -0.15) is 13.2 Å². The van der Waals surface area contributed by atoms with E-state index < -0.39 is 17.6 Å². The van der Waals surface area contributed by atoms with Crippen LogP contribution in [-0.4, -0.2) is 14.5 Å². The van der Waals surface area contributed by atoms with Gasteiger partial charge < -0.3 is 4.57 Å². The second kappa shape index (κ2) is 4.79. The van der Waals surface area contributed by atoms with Crippen molar-refractivity contribution in [2.45, 2.75) is 13.1 Å². The molecule has 2 heterocycles. The third-order valence-electron chi connectivity index (χ3n) is 3.42. The van der Waals surface area contributed by atoms with Crippen LogP contribution in [0.3, 0.4) is 0 Å². The van der Waals surface area contributed by atoms with E-state index in [1.165, 1.54) is 29.8 Å². The van der Waals surface area contributed by atoms with Crippen molar-refractivity contribution in [1.29, 1.82) is 0 Å². The Balaban J connectivity index is 2.38. The Hall–Kier alpha value is -2.44. The van der Waals surface area contributed by atoms with Gasteiger partial charge >= 0.3 is 6.18 Å². The lowest BCUT2D eigenvalue weighted by Crippen LogP contribution is -2.10. The first-order valence-corrected chi connectivity index (χ1v) is 6.44. The van der Waals surface area contributed by atoms with E-state index in [-0.39, 0.29) is 22.6 Å². The first kappa shape index (κ1) is 14.5. The standard InChI is InChI=1S/C15H11F4N3/c1-8-20-6-11(15(17,18)19)13(21-8)10-7-22(2)14-9(10)4-3-5-12(14)16/h3-7H,1-2H3. The van der Waals surface area contributed by atoms with Crippen molar-refractivity contribution in [1.82, 2.24) is 14.5 Å². The number of benzene rings is 1. The van der Waals surface area contributed by atoms with Crippen LogP contribution in [0, 0.1) is 12.7 Å². The van der Waals surface area contributed by atoms with Gasteiger partial charge in [-0.1, -0.05) is 12.1 Å². The van der Waals surface area contributed by atoms with Gasteiger partial charge in [0, 0.05) is 30.4 Å². The Kier molecular flexibility index (Phi) is 3.16. The van der Waals surface area contributed by atoms with Crippen LogP contribution in [0.4, 0.5) is 17.6 Å². The number of nitrogens with zero attached hydrogens (tertiary/aromatic N) is 3. The molecule has 2 aromatic heterocycles. The molecule has 114 valence electrons. The lowest BCUT2D eigenvalue weighted by atomic mass is 10.1. The Labute approximate surface area is 123 Å². The van der Waals surface area contributed by atoms with Gasteiger partial charge in [0.25, 0.3) is 0 Å². The number of aryl methyl sites for hydroxylation is 2.